The fraction of sp³-hybridized carbons (Fsp3) is 0.625. The Hall–Kier alpha value is -0.860. The van der Waals surface area contributed by atoms with E-state index in [9.17, 15) is 0 Å². The average Bonchev–Trinajstić information content (AvgIpc) is 3.22. The summed E-state index contributed by atoms with van der Waals surface area (Å²) in [6.45, 7) is 6.27. The minimum Gasteiger partial charge on any atom is -0.381 e. The van der Waals surface area contributed by atoms with Crippen LogP contribution in [0, 0.1) is 5.92 Å². The smallest absolute Gasteiger partial charge is 0.0494 e. The predicted octanol–water partition coefficient (Wildman–Crippen LogP) is 3.20. The minimum absolute atomic E-state index is 0.582. The first-order valence-electron chi connectivity index (χ1n) is 7.19. The fourth-order valence-electron chi connectivity index (χ4n) is 2.05. The summed E-state index contributed by atoms with van der Waals surface area (Å²) in [5.74, 6) is 1.47. The lowest BCUT2D eigenvalue weighted by molar-refractivity contribution is 0.122. The Bertz CT molecular complexity index is 321. The molecule has 1 aliphatic carbocycles. The van der Waals surface area contributed by atoms with Crippen molar-refractivity contribution in [2.45, 2.75) is 32.1 Å². The van der Waals surface area contributed by atoms with E-state index in [1.807, 2.05) is 0 Å². The lowest BCUT2D eigenvalue weighted by Gasteiger charge is -2.13. The molecule has 2 nitrogen and oxygen atoms in total. The van der Waals surface area contributed by atoms with Crippen molar-refractivity contribution in [2.24, 2.45) is 5.92 Å². The van der Waals surface area contributed by atoms with Crippen molar-refractivity contribution in [3.63, 3.8) is 0 Å². The third-order valence-corrected chi connectivity index (χ3v) is 3.51. The number of nitrogens with one attached hydrogen (secondary N) is 1. The summed E-state index contributed by atoms with van der Waals surface area (Å²) in [6.07, 6.45) is 3.88. The Morgan fingerprint density at radius 2 is 2.06 bits per heavy atom. The van der Waals surface area contributed by atoms with Gasteiger partial charge in [-0.3, -0.25) is 0 Å². The van der Waals surface area contributed by atoms with Gasteiger partial charge in [0.15, 0.2) is 0 Å². The molecule has 0 aliphatic heterocycles. The normalized spacial score (nSPS) is 16.7. The van der Waals surface area contributed by atoms with Crippen molar-refractivity contribution in [2.75, 3.05) is 26.3 Å². The number of rotatable bonds is 9. The van der Waals surface area contributed by atoms with Gasteiger partial charge in [-0.1, -0.05) is 37.3 Å². The molecule has 1 saturated carbocycles. The summed E-state index contributed by atoms with van der Waals surface area (Å²) >= 11 is 0. The van der Waals surface area contributed by atoms with Gasteiger partial charge in [0, 0.05) is 19.8 Å². The van der Waals surface area contributed by atoms with Gasteiger partial charge < -0.3 is 10.1 Å². The topological polar surface area (TPSA) is 21.3 Å². The van der Waals surface area contributed by atoms with E-state index in [4.69, 9.17) is 4.74 Å². The second-order valence-electron chi connectivity index (χ2n) is 5.39. The molecule has 1 N–H and O–H groups in total. The molecule has 1 unspecified atom stereocenters. The van der Waals surface area contributed by atoms with Crippen LogP contribution >= 0.6 is 0 Å². The number of hydrogen-bond acceptors (Lipinski definition) is 2. The van der Waals surface area contributed by atoms with Crippen LogP contribution in [0.3, 0.4) is 0 Å². The van der Waals surface area contributed by atoms with Gasteiger partial charge in [-0.25, -0.2) is 0 Å². The zero-order valence-corrected chi connectivity index (χ0v) is 11.4. The molecule has 100 valence electrons. The van der Waals surface area contributed by atoms with Gasteiger partial charge in [0.05, 0.1) is 0 Å². The maximum atomic E-state index is 5.61. The molecule has 18 heavy (non-hydrogen) atoms. The highest BCUT2D eigenvalue weighted by Crippen LogP contribution is 2.28. The molecule has 1 fully saturated rings. The quantitative estimate of drug-likeness (QED) is 0.677. The van der Waals surface area contributed by atoms with Crippen LogP contribution < -0.4 is 5.32 Å². The monoisotopic (exact) mass is 247 g/mol. The van der Waals surface area contributed by atoms with Gasteiger partial charge in [0.2, 0.25) is 0 Å². The largest absolute Gasteiger partial charge is 0.381 e. The lowest BCUT2D eigenvalue weighted by Crippen LogP contribution is -2.22. The Morgan fingerprint density at radius 1 is 1.28 bits per heavy atom. The maximum Gasteiger partial charge on any atom is 0.0494 e. The van der Waals surface area contributed by atoms with Crippen LogP contribution in [0.15, 0.2) is 30.3 Å². The Morgan fingerprint density at radius 3 is 2.78 bits per heavy atom. The molecule has 0 amide bonds. The van der Waals surface area contributed by atoms with Gasteiger partial charge >= 0.3 is 0 Å². The van der Waals surface area contributed by atoms with Crippen molar-refractivity contribution in [3.05, 3.63) is 35.9 Å². The molecular weight excluding hydrogens is 222 g/mol. The molecule has 2 rings (SSSR count). The van der Waals surface area contributed by atoms with Crippen molar-refractivity contribution in [1.29, 1.82) is 0 Å². The van der Waals surface area contributed by atoms with Gasteiger partial charge in [0.1, 0.15) is 0 Å². The summed E-state index contributed by atoms with van der Waals surface area (Å²) in [5.41, 5.74) is 1.41. The summed E-state index contributed by atoms with van der Waals surface area (Å²) in [4.78, 5) is 0. The Labute approximate surface area is 111 Å². The van der Waals surface area contributed by atoms with E-state index in [1.165, 1.54) is 18.4 Å². The maximum absolute atomic E-state index is 5.61. The number of ether oxygens (including phenoxy) is 1. The molecule has 0 aromatic heterocycles. The van der Waals surface area contributed by atoms with E-state index in [1.54, 1.807) is 0 Å². The highest BCUT2D eigenvalue weighted by atomic mass is 16.5. The third kappa shape index (κ3) is 5.19. The summed E-state index contributed by atoms with van der Waals surface area (Å²) in [6, 6.07) is 10.7. The van der Waals surface area contributed by atoms with E-state index >= 15 is 0 Å². The van der Waals surface area contributed by atoms with Crippen molar-refractivity contribution in [1.82, 2.24) is 5.32 Å². The zero-order chi connectivity index (χ0) is 12.6. The van der Waals surface area contributed by atoms with Crippen LogP contribution in [0.25, 0.3) is 0 Å². The molecular formula is C16H25NO. The predicted molar refractivity (Wildman–Crippen MR) is 75.9 cm³/mol. The average molecular weight is 247 g/mol. The fourth-order valence-corrected chi connectivity index (χ4v) is 2.05. The lowest BCUT2D eigenvalue weighted by atomic mass is 10.0. The third-order valence-electron chi connectivity index (χ3n) is 3.51. The first kappa shape index (κ1) is 13.6. The Kier molecular flexibility index (Phi) is 5.69. The van der Waals surface area contributed by atoms with Crippen LogP contribution in [0.5, 0.6) is 0 Å². The van der Waals surface area contributed by atoms with Crippen molar-refractivity contribution < 1.29 is 4.74 Å². The van der Waals surface area contributed by atoms with Crippen LogP contribution in [-0.4, -0.2) is 26.3 Å². The van der Waals surface area contributed by atoms with Crippen molar-refractivity contribution in [3.8, 4) is 0 Å². The molecule has 2 heteroatoms. The summed E-state index contributed by atoms with van der Waals surface area (Å²) in [7, 11) is 0. The minimum atomic E-state index is 0.582. The second kappa shape index (κ2) is 7.55. The van der Waals surface area contributed by atoms with Crippen molar-refractivity contribution >= 4 is 0 Å². The summed E-state index contributed by atoms with van der Waals surface area (Å²) in [5, 5.41) is 3.51. The highest BCUT2D eigenvalue weighted by Gasteiger charge is 2.20. The molecule has 1 atom stereocenters. The number of hydrogen-bond donors (Lipinski definition) is 1. The van der Waals surface area contributed by atoms with E-state index in [0.717, 1.165) is 38.6 Å². The Balaban J connectivity index is 1.47. The second-order valence-corrected chi connectivity index (χ2v) is 5.39. The zero-order valence-electron chi connectivity index (χ0n) is 11.4. The molecule has 1 aliphatic rings. The van der Waals surface area contributed by atoms with Gasteiger partial charge in [0.25, 0.3) is 0 Å². The molecule has 1 aromatic rings. The van der Waals surface area contributed by atoms with Gasteiger partial charge in [-0.05, 0) is 43.2 Å². The van der Waals surface area contributed by atoms with Crippen LogP contribution in [0.4, 0.5) is 0 Å². The molecule has 0 spiro atoms. The van der Waals surface area contributed by atoms with Crippen LogP contribution in [0.2, 0.25) is 0 Å². The standard InChI is InChI=1S/C16H25NO/c1-14(16-6-3-2-4-7-16)12-17-10-5-11-18-13-15-8-9-15/h2-4,6-7,14-15,17H,5,8-13H2,1H3. The molecule has 0 bridgehead atoms. The number of benzene rings is 1. The first-order chi connectivity index (χ1) is 8.86. The van der Waals surface area contributed by atoms with Crippen LogP contribution in [-0.2, 0) is 4.74 Å². The summed E-state index contributed by atoms with van der Waals surface area (Å²) < 4.78 is 5.61. The van der Waals surface area contributed by atoms with Gasteiger partial charge in [-0.2, -0.15) is 0 Å². The van der Waals surface area contributed by atoms with E-state index in [-0.39, 0.29) is 0 Å². The van der Waals surface area contributed by atoms with E-state index in [0.29, 0.717) is 5.92 Å². The molecule has 0 saturated heterocycles. The highest BCUT2D eigenvalue weighted by molar-refractivity contribution is 5.18. The molecule has 0 radical (unpaired) electrons. The SMILES string of the molecule is CC(CNCCCOCC1CC1)c1ccccc1. The van der Waals surface area contributed by atoms with Gasteiger partial charge in [-0.15, -0.1) is 0 Å². The first-order valence-corrected chi connectivity index (χ1v) is 7.19. The van der Waals surface area contributed by atoms with E-state index < -0.39 is 0 Å². The molecule has 0 heterocycles. The van der Waals surface area contributed by atoms with Crippen LogP contribution in [0.1, 0.15) is 37.7 Å². The van der Waals surface area contributed by atoms with E-state index in [2.05, 4.69) is 42.6 Å². The molecule has 1 aromatic carbocycles.